The number of carbonyl (C=O) groups is 2. The number of anilines is 1. The van der Waals surface area contributed by atoms with Gasteiger partial charge in [-0.05, 0) is 52.2 Å². The molecule has 7 nitrogen and oxygen atoms in total. The first-order chi connectivity index (χ1) is 14.9. The Balaban J connectivity index is 2.88. The van der Waals surface area contributed by atoms with Crippen molar-refractivity contribution >= 4 is 28.5 Å². The van der Waals surface area contributed by atoms with E-state index in [-0.39, 0.29) is 17.3 Å². The number of nitrogens with zero attached hydrogens (tertiary/aromatic N) is 2. The van der Waals surface area contributed by atoms with Crippen LogP contribution in [-0.4, -0.2) is 35.7 Å². The molecule has 0 aliphatic carbocycles. The Hall–Kier alpha value is -2.83. The van der Waals surface area contributed by atoms with E-state index >= 15 is 0 Å². The van der Waals surface area contributed by atoms with Crippen LogP contribution < -0.4 is 15.2 Å². The molecule has 0 saturated heterocycles. The zero-order valence-corrected chi connectivity index (χ0v) is 20.6. The minimum Gasteiger partial charge on any atom is -0.489 e. The molecule has 0 fully saturated rings. The summed E-state index contributed by atoms with van der Waals surface area (Å²) in [7, 11) is 1.58. The van der Waals surface area contributed by atoms with Gasteiger partial charge in [-0.15, -0.1) is 0 Å². The molecule has 1 amide bonds. The first kappa shape index (κ1) is 25.4. The lowest BCUT2D eigenvalue weighted by Crippen LogP contribution is -2.38. The van der Waals surface area contributed by atoms with E-state index in [4.69, 9.17) is 9.47 Å². The van der Waals surface area contributed by atoms with Crippen LogP contribution in [0.25, 0.3) is 10.8 Å². The maximum absolute atomic E-state index is 13.5. The van der Waals surface area contributed by atoms with Crippen molar-refractivity contribution in [3.63, 3.8) is 0 Å². The zero-order valence-electron chi connectivity index (χ0n) is 20.6. The van der Waals surface area contributed by atoms with Crippen molar-refractivity contribution in [1.82, 2.24) is 4.57 Å². The number of amides is 1. The molecule has 0 bridgehead atoms. The van der Waals surface area contributed by atoms with Gasteiger partial charge in [-0.1, -0.05) is 33.3 Å². The monoisotopic (exact) mass is 444 g/mol. The lowest BCUT2D eigenvalue weighted by molar-refractivity contribution is 0.0585. The normalized spacial score (nSPS) is 11.7. The van der Waals surface area contributed by atoms with Crippen LogP contribution in [0.2, 0.25) is 0 Å². The van der Waals surface area contributed by atoms with E-state index in [0.717, 1.165) is 12.8 Å². The van der Waals surface area contributed by atoms with Gasteiger partial charge < -0.3 is 9.47 Å². The van der Waals surface area contributed by atoms with E-state index in [1.54, 1.807) is 50.6 Å². The molecule has 0 unspecified atom stereocenters. The van der Waals surface area contributed by atoms with Crippen molar-refractivity contribution in [3.8, 4) is 5.75 Å². The average Bonchev–Trinajstić information content (AvgIpc) is 2.68. The van der Waals surface area contributed by atoms with Crippen LogP contribution in [0.5, 0.6) is 5.75 Å². The molecule has 2 aromatic rings. The third kappa shape index (κ3) is 5.90. The van der Waals surface area contributed by atoms with Crippen molar-refractivity contribution in [3.05, 3.63) is 34.1 Å². The molecule has 7 heteroatoms. The molecule has 0 radical (unpaired) electrons. The fourth-order valence-corrected chi connectivity index (χ4v) is 3.37. The van der Waals surface area contributed by atoms with E-state index in [9.17, 15) is 14.4 Å². The fourth-order valence-electron chi connectivity index (χ4n) is 3.37. The molecular weight excluding hydrogens is 408 g/mol. The van der Waals surface area contributed by atoms with Crippen LogP contribution in [-0.2, 0) is 11.3 Å². The maximum atomic E-state index is 13.5. The Labute approximate surface area is 190 Å². The number of pyridine rings is 1. The van der Waals surface area contributed by atoms with Gasteiger partial charge in [0.1, 0.15) is 5.60 Å². The molecular formula is C25H36N2O5. The summed E-state index contributed by atoms with van der Waals surface area (Å²) in [6.07, 6.45) is 1.16. The highest BCUT2D eigenvalue weighted by Gasteiger charge is 2.28. The Morgan fingerprint density at radius 1 is 1.16 bits per heavy atom. The number of hydrogen-bond donors (Lipinski definition) is 0. The van der Waals surface area contributed by atoms with E-state index in [1.165, 1.54) is 11.8 Å². The number of rotatable bonds is 8. The summed E-state index contributed by atoms with van der Waals surface area (Å²) < 4.78 is 13.3. The Kier molecular flexibility index (Phi) is 8.10. The largest absolute Gasteiger partial charge is 0.489 e. The zero-order chi connectivity index (χ0) is 24.2. The van der Waals surface area contributed by atoms with Crippen molar-refractivity contribution in [2.24, 2.45) is 5.92 Å². The fraction of sp³-hybridized carbons (Fsp3) is 0.560. The van der Waals surface area contributed by atoms with Crippen LogP contribution >= 0.6 is 0 Å². The molecule has 0 N–H and O–H groups in total. The number of hydrogen-bond acceptors (Lipinski definition) is 5. The molecule has 176 valence electrons. The van der Waals surface area contributed by atoms with Crippen molar-refractivity contribution in [2.45, 2.75) is 73.5 Å². The number of fused-ring (bicyclic) bond motifs is 1. The first-order valence-corrected chi connectivity index (χ1v) is 11.2. The van der Waals surface area contributed by atoms with E-state index < -0.39 is 11.7 Å². The van der Waals surface area contributed by atoms with Gasteiger partial charge in [0.15, 0.2) is 17.4 Å². The lowest BCUT2D eigenvalue weighted by Gasteiger charge is -2.29. The second kappa shape index (κ2) is 10.2. The van der Waals surface area contributed by atoms with Gasteiger partial charge in [-0.3, -0.25) is 19.1 Å². The Morgan fingerprint density at radius 2 is 1.81 bits per heavy atom. The van der Waals surface area contributed by atoms with Crippen LogP contribution in [0.1, 0.15) is 71.7 Å². The summed E-state index contributed by atoms with van der Waals surface area (Å²) in [6, 6.07) is 4.99. The SMILES string of the molecule is CCCCOc1c(N(C)C(=O)OC(C)(C)C)n(CC(C)C)c(=O)c2ccc(C(C)=O)cc12. The van der Waals surface area contributed by atoms with E-state index in [2.05, 4.69) is 6.92 Å². The third-order valence-corrected chi connectivity index (χ3v) is 4.88. The number of aromatic nitrogens is 1. The van der Waals surface area contributed by atoms with Crippen LogP contribution in [0.3, 0.4) is 0 Å². The van der Waals surface area contributed by atoms with E-state index in [1.807, 2.05) is 13.8 Å². The summed E-state index contributed by atoms with van der Waals surface area (Å²) in [5.41, 5.74) is -0.460. The summed E-state index contributed by atoms with van der Waals surface area (Å²) in [5.74, 6) is 0.781. The summed E-state index contributed by atoms with van der Waals surface area (Å²) >= 11 is 0. The maximum Gasteiger partial charge on any atom is 0.415 e. The van der Waals surface area contributed by atoms with Gasteiger partial charge in [-0.2, -0.15) is 0 Å². The van der Waals surface area contributed by atoms with Gasteiger partial charge in [0.25, 0.3) is 5.56 Å². The molecule has 1 aromatic heterocycles. The molecule has 2 rings (SSSR count). The van der Waals surface area contributed by atoms with Crippen molar-refractivity contribution < 1.29 is 19.1 Å². The third-order valence-electron chi connectivity index (χ3n) is 4.88. The van der Waals surface area contributed by atoms with Gasteiger partial charge >= 0.3 is 6.09 Å². The molecule has 1 aromatic carbocycles. The minimum absolute atomic E-state index is 0.111. The van der Waals surface area contributed by atoms with Gasteiger partial charge in [0, 0.05) is 24.5 Å². The van der Waals surface area contributed by atoms with Gasteiger partial charge in [0.05, 0.1) is 12.0 Å². The number of benzene rings is 1. The van der Waals surface area contributed by atoms with Crippen LogP contribution in [0.4, 0.5) is 10.6 Å². The summed E-state index contributed by atoms with van der Waals surface area (Å²) in [4.78, 5) is 39.8. The highest BCUT2D eigenvalue weighted by atomic mass is 16.6. The lowest BCUT2D eigenvalue weighted by atomic mass is 10.0. The second-order valence-corrected chi connectivity index (χ2v) is 9.52. The predicted molar refractivity (Wildman–Crippen MR) is 128 cm³/mol. The molecule has 32 heavy (non-hydrogen) atoms. The topological polar surface area (TPSA) is 77.8 Å². The van der Waals surface area contributed by atoms with Crippen molar-refractivity contribution in [2.75, 3.05) is 18.6 Å². The number of ether oxygens (including phenoxy) is 2. The van der Waals surface area contributed by atoms with Gasteiger partial charge in [0.2, 0.25) is 0 Å². The first-order valence-electron chi connectivity index (χ1n) is 11.2. The smallest absolute Gasteiger partial charge is 0.415 e. The highest BCUT2D eigenvalue weighted by molar-refractivity contribution is 6.02. The number of carbonyl (C=O) groups excluding carboxylic acids is 2. The average molecular weight is 445 g/mol. The second-order valence-electron chi connectivity index (χ2n) is 9.52. The molecule has 0 aliphatic rings. The van der Waals surface area contributed by atoms with E-state index in [0.29, 0.717) is 41.1 Å². The Bertz CT molecular complexity index is 1050. The molecule has 0 spiro atoms. The molecule has 0 aliphatic heterocycles. The standard InChI is InChI=1S/C25H36N2O5/c1-9-10-13-31-21-20-14-18(17(4)28)11-12-19(20)23(29)27(15-16(2)3)22(21)26(8)24(30)32-25(5,6)7/h11-12,14,16H,9-10,13,15H2,1-8H3. The number of ketones is 1. The van der Waals surface area contributed by atoms with Crippen LogP contribution in [0.15, 0.2) is 23.0 Å². The predicted octanol–water partition coefficient (Wildman–Crippen LogP) is 5.41. The quantitative estimate of drug-likeness (QED) is 0.402. The minimum atomic E-state index is -0.698. The summed E-state index contributed by atoms with van der Waals surface area (Å²) in [6.45, 7) is 13.7. The molecule has 0 atom stereocenters. The molecule has 0 saturated carbocycles. The Morgan fingerprint density at radius 3 is 2.34 bits per heavy atom. The van der Waals surface area contributed by atoms with Crippen LogP contribution in [0, 0.1) is 5.92 Å². The number of unbranched alkanes of at least 4 members (excludes halogenated alkanes) is 1. The van der Waals surface area contributed by atoms with Crippen molar-refractivity contribution in [1.29, 1.82) is 0 Å². The van der Waals surface area contributed by atoms with Gasteiger partial charge in [-0.25, -0.2) is 4.79 Å². The highest BCUT2D eigenvalue weighted by Crippen LogP contribution is 2.36. The summed E-state index contributed by atoms with van der Waals surface area (Å²) in [5, 5.41) is 0.965. The molecule has 1 heterocycles. The number of Topliss-reactive ketones (excluding diaryl/α,β-unsaturated/α-hetero) is 1.